The second kappa shape index (κ2) is 5.39. The Morgan fingerprint density at radius 3 is 2.81 bits per heavy atom. The standard InChI is InChI=1S/C16H23IO4/c1-3-15(2,17)14(19)21-12-6-11-5-4-10(12)7-16(11)8-13(18)20-9-16/h10-12H,3-9H2,1-2H3. The van der Waals surface area contributed by atoms with Crippen LogP contribution in [0.1, 0.15) is 52.4 Å². The number of alkyl halides is 1. The normalized spacial score (nSPS) is 40.9. The summed E-state index contributed by atoms with van der Waals surface area (Å²) in [6, 6.07) is 0. The molecule has 5 atom stereocenters. The van der Waals surface area contributed by atoms with E-state index in [0.717, 1.165) is 32.1 Å². The minimum atomic E-state index is -0.432. The molecule has 2 bridgehead atoms. The molecular formula is C16H23IO4. The van der Waals surface area contributed by atoms with Gasteiger partial charge >= 0.3 is 11.9 Å². The summed E-state index contributed by atoms with van der Waals surface area (Å²) in [6.45, 7) is 4.52. The molecule has 1 heterocycles. The van der Waals surface area contributed by atoms with Gasteiger partial charge in [0.15, 0.2) is 0 Å². The van der Waals surface area contributed by atoms with Crippen LogP contribution in [0.4, 0.5) is 0 Å². The van der Waals surface area contributed by atoms with Gasteiger partial charge in [0.1, 0.15) is 9.53 Å². The van der Waals surface area contributed by atoms with Crippen LogP contribution in [0.3, 0.4) is 0 Å². The molecular weight excluding hydrogens is 383 g/mol. The first-order chi connectivity index (χ1) is 9.86. The van der Waals surface area contributed by atoms with Gasteiger partial charge in [0.2, 0.25) is 0 Å². The van der Waals surface area contributed by atoms with Crippen LogP contribution >= 0.6 is 22.6 Å². The molecule has 0 aromatic rings. The number of carbonyl (C=O) groups is 2. The molecule has 4 aliphatic rings. The second-order valence-electron chi connectivity index (χ2n) is 7.17. The molecule has 0 aromatic carbocycles. The molecule has 4 rings (SSSR count). The van der Waals surface area contributed by atoms with Crippen LogP contribution in [0.2, 0.25) is 0 Å². The van der Waals surface area contributed by atoms with E-state index in [1.165, 1.54) is 0 Å². The molecule has 1 aliphatic heterocycles. The molecule has 0 radical (unpaired) electrons. The van der Waals surface area contributed by atoms with Gasteiger partial charge in [-0.3, -0.25) is 9.59 Å². The van der Waals surface area contributed by atoms with Crippen molar-refractivity contribution in [2.45, 2.75) is 61.9 Å². The van der Waals surface area contributed by atoms with Crippen LogP contribution in [0.5, 0.6) is 0 Å². The lowest BCUT2D eigenvalue weighted by Crippen LogP contribution is -2.50. The minimum Gasteiger partial charge on any atom is -0.465 e. The molecule has 3 aliphatic carbocycles. The van der Waals surface area contributed by atoms with Crippen LogP contribution in [0.25, 0.3) is 0 Å². The summed E-state index contributed by atoms with van der Waals surface area (Å²) in [6.07, 6.45) is 5.52. The summed E-state index contributed by atoms with van der Waals surface area (Å²) in [4.78, 5) is 23.8. The van der Waals surface area contributed by atoms with E-state index in [1.54, 1.807) is 0 Å². The quantitative estimate of drug-likeness (QED) is 0.410. The molecule has 0 amide bonds. The summed E-state index contributed by atoms with van der Waals surface area (Å²) in [5, 5.41) is 0. The van der Waals surface area contributed by atoms with Gasteiger partial charge < -0.3 is 9.47 Å². The number of halogens is 1. The topological polar surface area (TPSA) is 52.6 Å². The number of fused-ring (bicyclic) bond motifs is 2. The molecule has 4 fully saturated rings. The first kappa shape index (κ1) is 15.6. The molecule has 5 unspecified atom stereocenters. The maximum absolute atomic E-state index is 12.3. The van der Waals surface area contributed by atoms with Gasteiger partial charge in [0, 0.05) is 5.41 Å². The van der Waals surface area contributed by atoms with Crippen molar-refractivity contribution in [2.75, 3.05) is 6.61 Å². The molecule has 118 valence electrons. The third-order valence-electron chi connectivity index (χ3n) is 5.83. The summed E-state index contributed by atoms with van der Waals surface area (Å²) in [5.74, 6) is 0.726. The molecule has 1 saturated heterocycles. The van der Waals surface area contributed by atoms with Crippen molar-refractivity contribution in [3.05, 3.63) is 0 Å². The fourth-order valence-corrected chi connectivity index (χ4v) is 4.35. The number of hydrogen-bond acceptors (Lipinski definition) is 4. The van der Waals surface area contributed by atoms with Crippen molar-refractivity contribution in [2.24, 2.45) is 17.3 Å². The first-order valence-electron chi connectivity index (χ1n) is 7.92. The zero-order chi connectivity index (χ0) is 15.3. The van der Waals surface area contributed by atoms with Crippen molar-refractivity contribution in [1.29, 1.82) is 0 Å². The van der Waals surface area contributed by atoms with Gasteiger partial charge in [-0.2, -0.15) is 0 Å². The van der Waals surface area contributed by atoms with Crippen molar-refractivity contribution in [3.63, 3.8) is 0 Å². The fraction of sp³-hybridized carbons (Fsp3) is 0.875. The highest BCUT2D eigenvalue weighted by Crippen LogP contribution is 2.57. The Balaban J connectivity index is 1.67. The fourth-order valence-electron chi connectivity index (χ4n) is 4.23. The summed E-state index contributed by atoms with van der Waals surface area (Å²) in [5.41, 5.74) is 0.0429. The summed E-state index contributed by atoms with van der Waals surface area (Å²) in [7, 11) is 0. The molecule has 4 nitrogen and oxygen atoms in total. The maximum Gasteiger partial charge on any atom is 0.322 e. The molecule has 21 heavy (non-hydrogen) atoms. The Kier molecular flexibility index (Phi) is 3.99. The van der Waals surface area contributed by atoms with Crippen LogP contribution in [-0.4, -0.2) is 28.1 Å². The van der Waals surface area contributed by atoms with Crippen molar-refractivity contribution in [1.82, 2.24) is 0 Å². The van der Waals surface area contributed by atoms with Gasteiger partial charge in [-0.05, 0) is 50.9 Å². The number of carbonyl (C=O) groups excluding carboxylic acids is 2. The number of cyclic esters (lactones) is 1. The van der Waals surface area contributed by atoms with E-state index in [-0.39, 0.29) is 23.5 Å². The second-order valence-corrected chi connectivity index (χ2v) is 9.55. The van der Waals surface area contributed by atoms with E-state index in [4.69, 9.17) is 9.47 Å². The predicted molar refractivity (Wildman–Crippen MR) is 86.1 cm³/mol. The molecule has 1 spiro atoms. The SMILES string of the molecule is CCC(C)(I)C(=O)OC1CC2CCC1CC21COC(=O)C1. The lowest BCUT2D eigenvalue weighted by atomic mass is 9.54. The van der Waals surface area contributed by atoms with E-state index in [2.05, 4.69) is 22.6 Å². The lowest BCUT2D eigenvalue weighted by Gasteiger charge is -2.51. The minimum absolute atomic E-state index is 0.0400. The lowest BCUT2D eigenvalue weighted by molar-refractivity contribution is -0.167. The van der Waals surface area contributed by atoms with Gasteiger partial charge in [0.05, 0.1) is 13.0 Å². The van der Waals surface area contributed by atoms with Crippen LogP contribution in [-0.2, 0) is 19.1 Å². The van der Waals surface area contributed by atoms with E-state index >= 15 is 0 Å². The highest BCUT2D eigenvalue weighted by atomic mass is 127. The maximum atomic E-state index is 12.3. The van der Waals surface area contributed by atoms with Crippen molar-refractivity contribution < 1.29 is 19.1 Å². The highest BCUT2D eigenvalue weighted by Gasteiger charge is 2.56. The number of hydrogen-bond donors (Lipinski definition) is 0. The smallest absolute Gasteiger partial charge is 0.322 e. The van der Waals surface area contributed by atoms with Crippen molar-refractivity contribution in [3.8, 4) is 0 Å². The number of rotatable bonds is 3. The summed E-state index contributed by atoms with van der Waals surface area (Å²) >= 11 is 2.19. The van der Waals surface area contributed by atoms with Gasteiger partial charge in [-0.25, -0.2) is 0 Å². The monoisotopic (exact) mass is 406 g/mol. The van der Waals surface area contributed by atoms with E-state index in [0.29, 0.717) is 24.9 Å². The Hall–Kier alpha value is -0.330. The van der Waals surface area contributed by atoms with Gasteiger partial charge in [-0.1, -0.05) is 29.5 Å². The first-order valence-corrected chi connectivity index (χ1v) is 9.00. The molecule has 5 heteroatoms. The largest absolute Gasteiger partial charge is 0.465 e. The Labute approximate surface area is 139 Å². The summed E-state index contributed by atoms with van der Waals surface area (Å²) < 4.78 is 10.6. The van der Waals surface area contributed by atoms with Crippen LogP contribution in [0.15, 0.2) is 0 Å². The van der Waals surface area contributed by atoms with E-state index in [9.17, 15) is 9.59 Å². The van der Waals surface area contributed by atoms with Gasteiger partial charge in [-0.15, -0.1) is 0 Å². The molecule has 3 saturated carbocycles. The Bertz CT molecular complexity index is 461. The van der Waals surface area contributed by atoms with E-state index < -0.39 is 3.42 Å². The Morgan fingerprint density at radius 2 is 2.29 bits per heavy atom. The van der Waals surface area contributed by atoms with E-state index in [1.807, 2.05) is 13.8 Å². The van der Waals surface area contributed by atoms with Crippen LogP contribution in [0, 0.1) is 17.3 Å². The van der Waals surface area contributed by atoms with Crippen LogP contribution < -0.4 is 0 Å². The average molecular weight is 406 g/mol. The third kappa shape index (κ3) is 2.70. The number of esters is 2. The predicted octanol–water partition coefficient (Wildman–Crippen LogP) is 3.26. The average Bonchev–Trinajstić information content (AvgIpc) is 2.81. The zero-order valence-corrected chi connectivity index (χ0v) is 14.9. The zero-order valence-electron chi connectivity index (χ0n) is 12.7. The molecule has 0 aromatic heterocycles. The highest BCUT2D eigenvalue weighted by molar-refractivity contribution is 14.1. The van der Waals surface area contributed by atoms with Gasteiger partial charge in [0.25, 0.3) is 0 Å². The third-order valence-corrected chi connectivity index (χ3v) is 7.03. The van der Waals surface area contributed by atoms with Crippen molar-refractivity contribution >= 4 is 34.5 Å². The molecule has 0 N–H and O–H groups in total. The number of ether oxygens (including phenoxy) is 2. The Morgan fingerprint density at radius 1 is 1.52 bits per heavy atom.